The van der Waals surface area contributed by atoms with Crippen LogP contribution in [0.25, 0.3) is 21.1 Å². The number of H-pyrrole nitrogens is 1. The Morgan fingerprint density at radius 3 is 3.00 bits per heavy atom. The Kier molecular flexibility index (Phi) is 3.78. The summed E-state index contributed by atoms with van der Waals surface area (Å²) in [4.78, 5) is 14.8. The number of benzene rings is 1. The standard InChI is InChI=1S/C20H19N5S/c1-12-15(13-6-2-4-8-16(13)24-12)10-23-25-19-18-14-7-3-5-9-17(14)26-20(18)22-11-21-19/h2,4,6,8,11,24H,3,5,7,9-10H2,1H3. The average Bonchev–Trinajstić information content (AvgIpc) is 3.20. The fourth-order valence-electron chi connectivity index (χ4n) is 3.86. The number of rotatable bonds is 3. The lowest BCUT2D eigenvalue weighted by Crippen LogP contribution is -1.98. The minimum absolute atomic E-state index is 0.549. The predicted octanol–water partition coefficient (Wildman–Crippen LogP) is 5.64. The van der Waals surface area contributed by atoms with Crippen molar-refractivity contribution < 1.29 is 0 Å². The number of aryl methyl sites for hydroxylation is 3. The number of para-hydroxylation sites is 1. The molecule has 5 nitrogen and oxygen atoms in total. The van der Waals surface area contributed by atoms with Gasteiger partial charge in [0.2, 0.25) is 0 Å². The number of fused-ring (bicyclic) bond motifs is 4. The lowest BCUT2D eigenvalue weighted by molar-refractivity contribution is 0.700. The topological polar surface area (TPSA) is 66.3 Å². The minimum atomic E-state index is 0.549. The number of aromatic nitrogens is 3. The van der Waals surface area contributed by atoms with Gasteiger partial charge >= 0.3 is 0 Å². The van der Waals surface area contributed by atoms with E-state index in [9.17, 15) is 0 Å². The Morgan fingerprint density at radius 2 is 2.04 bits per heavy atom. The van der Waals surface area contributed by atoms with Crippen molar-refractivity contribution in [2.45, 2.75) is 39.2 Å². The molecule has 0 bridgehead atoms. The third-order valence-electron chi connectivity index (χ3n) is 5.15. The molecule has 6 heteroatoms. The molecule has 4 aromatic rings. The Labute approximate surface area is 155 Å². The van der Waals surface area contributed by atoms with Crippen LogP contribution in [-0.2, 0) is 19.4 Å². The fraction of sp³-hybridized carbons (Fsp3) is 0.300. The van der Waals surface area contributed by atoms with Crippen LogP contribution in [0.15, 0.2) is 40.8 Å². The van der Waals surface area contributed by atoms with Crippen LogP contribution in [0.3, 0.4) is 0 Å². The maximum atomic E-state index is 4.50. The maximum Gasteiger partial charge on any atom is 0.186 e. The summed E-state index contributed by atoms with van der Waals surface area (Å²) < 4.78 is 0. The van der Waals surface area contributed by atoms with E-state index in [1.807, 2.05) is 6.07 Å². The summed E-state index contributed by atoms with van der Waals surface area (Å²) in [5.74, 6) is 0.715. The highest BCUT2D eigenvalue weighted by Gasteiger charge is 2.19. The molecule has 0 atom stereocenters. The van der Waals surface area contributed by atoms with Crippen molar-refractivity contribution in [1.82, 2.24) is 15.0 Å². The average molecular weight is 361 g/mol. The third kappa shape index (κ3) is 2.52. The first-order chi connectivity index (χ1) is 12.8. The lowest BCUT2D eigenvalue weighted by Gasteiger charge is -2.10. The molecule has 1 aliphatic carbocycles. The molecule has 130 valence electrons. The van der Waals surface area contributed by atoms with Gasteiger partial charge < -0.3 is 4.98 Å². The summed E-state index contributed by atoms with van der Waals surface area (Å²) in [5, 5.41) is 11.3. The van der Waals surface area contributed by atoms with E-state index >= 15 is 0 Å². The first kappa shape index (κ1) is 15.6. The van der Waals surface area contributed by atoms with Gasteiger partial charge in [-0.3, -0.25) is 0 Å². The number of nitrogens with one attached hydrogen (secondary N) is 1. The monoisotopic (exact) mass is 361 g/mol. The van der Waals surface area contributed by atoms with Gasteiger partial charge in [0, 0.05) is 27.0 Å². The van der Waals surface area contributed by atoms with Gasteiger partial charge in [-0.05, 0) is 44.2 Å². The van der Waals surface area contributed by atoms with Crippen molar-refractivity contribution in [3.05, 3.63) is 52.3 Å². The molecular formula is C20H19N5S. The molecule has 1 N–H and O–H groups in total. The van der Waals surface area contributed by atoms with Crippen LogP contribution in [0.5, 0.6) is 0 Å². The van der Waals surface area contributed by atoms with Crippen LogP contribution in [0.2, 0.25) is 0 Å². The molecular weight excluding hydrogens is 342 g/mol. The van der Waals surface area contributed by atoms with Crippen LogP contribution in [-0.4, -0.2) is 15.0 Å². The molecule has 1 aliphatic rings. The van der Waals surface area contributed by atoms with Crippen molar-refractivity contribution in [2.24, 2.45) is 10.2 Å². The molecule has 26 heavy (non-hydrogen) atoms. The summed E-state index contributed by atoms with van der Waals surface area (Å²) in [5.41, 5.74) is 4.88. The highest BCUT2D eigenvalue weighted by atomic mass is 32.1. The zero-order chi connectivity index (χ0) is 17.5. The molecule has 0 saturated carbocycles. The van der Waals surface area contributed by atoms with E-state index in [2.05, 4.69) is 50.3 Å². The summed E-state index contributed by atoms with van der Waals surface area (Å²) in [6, 6.07) is 8.32. The van der Waals surface area contributed by atoms with Gasteiger partial charge in [-0.1, -0.05) is 18.2 Å². The van der Waals surface area contributed by atoms with Crippen LogP contribution < -0.4 is 0 Å². The molecule has 0 radical (unpaired) electrons. The smallest absolute Gasteiger partial charge is 0.186 e. The minimum Gasteiger partial charge on any atom is -0.358 e. The molecule has 0 fully saturated rings. The molecule has 0 spiro atoms. The number of thiophene rings is 1. The molecule has 0 saturated heterocycles. The summed E-state index contributed by atoms with van der Waals surface area (Å²) >= 11 is 1.79. The Morgan fingerprint density at radius 1 is 1.15 bits per heavy atom. The van der Waals surface area contributed by atoms with E-state index in [0.717, 1.165) is 34.3 Å². The number of nitrogens with zero attached hydrogens (tertiary/aromatic N) is 4. The molecule has 3 heterocycles. The molecule has 0 aliphatic heterocycles. The summed E-state index contributed by atoms with van der Waals surface area (Å²) in [6.07, 6.45) is 6.37. The van der Waals surface area contributed by atoms with Gasteiger partial charge in [-0.2, -0.15) is 5.11 Å². The second kappa shape index (κ2) is 6.29. The third-order valence-corrected chi connectivity index (χ3v) is 6.35. The van der Waals surface area contributed by atoms with Gasteiger partial charge in [0.05, 0.1) is 11.9 Å². The molecule has 0 unspecified atom stereocenters. The number of aromatic amines is 1. The number of hydrogen-bond acceptors (Lipinski definition) is 5. The molecule has 3 aromatic heterocycles. The van der Waals surface area contributed by atoms with Crippen molar-refractivity contribution in [2.75, 3.05) is 0 Å². The van der Waals surface area contributed by atoms with Gasteiger partial charge in [-0.25, -0.2) is 9.97 Å². The van der Waals surface area contributed by atoms with Crippen molar-refractivity contribution in [3.63, 3.8) is 0 Å². The van der Waals surface area contributed by atoms with Gasteiger partial charge in [0.1, 0.15) is 11.2 Å². The molecule has 1 aromatic carbocycles. The summed E-state index contributed by atoms with van der Waals surface area (Å²) in [7, 11) is 0. The second-order valence-corrected chi connectivity index (χ2v) is 7.85. The number of azo groups is 1. The van der Waals surface area contributed by atoms with Crippen LogP contribution in [0, 0.1) is 6.92 Å². The van der Waals surface area contributed by atoms with Crippen molar-refractivity contribution in [3.8, 4) is 0 Å². The Balaban J connectivity index is 1.51. The number of hydrogen-bond donors (Lipinski definition) is 1. The maximum absolute atomic E-state index is 4.50. The zero-order valence-electron chi connectivity index (χ0n) is 14.6. The van der Waals surface area contributed by atoms with E-state index in [1.165, 1.54) is 34.2 Å². The lowest BCUT2D eigenvalue weighted by atomic mass is 9.97. The first-order valence-corrected chi connectivity index (χ1v) is 9.82. The van der Waals surface area contributed by atoms with Crippen molar-refractivity contribution in [1.29, 1.82) is 0 Å². The summed E-state index contributed by atoms with van der Waals surface area (Å²) in [6.45, 7) is 2.64. The second-order valence-electron chi connectivity index (χ2n) is 6.76. The SMILES string of the molecule is Cc1[nH]c2ccccc2c1CN=Nc1ncnc2sc3c(c12)CCCC3. The normalized spacial score (nSPS) is 14.5. The quantitative estimate of drug-likeness (QED) is 0.480. The van der Waals surface area contributed by atoms with E-state index < -0.39 is 0 Å². The van der Waals surface area contributed by atoms with Crippen molar-refractivity contribution >= 4 is 38.3 Å². The van der Waals surface area contributed by atoms with Gasteiger partial charge in [-0.15, -0.1) is 16.5 Å². The predicted molar refractivity (Wildman–Crippen MR) is 105 cm³/mol. The Hall–Kier alpha value is -2.60. The molecule has 0 amide bonds. The Bertz CT molecular complexity index is 1140. The van der Waals surface area contributed by atoms with Gasteiger partial charge in [0.15, 0.2) is 5.82 Å². The molecule has 5 rings (SSSR count). The van der Waals surface area contributed by atoms with Crippen LogP contribution in [0.4, 0.5) is 5.82 Å². The van der Waals surface area contributed by atoms with Crippen LogP contribution in [0.1, 0.15) is 34.5 Å². The highest BCUT2D eigenvalue weighted by molar-refractivity contribution is 7.18. The first-order valence-electron chi connectivity index (χ1n) is 9.00. The fourth-order valence-corrected chi connectivity index (χ4v) is 5.08. The van der Waals surface area contributed by atoms with E-state index in [4.69, 9.17) is 0 Å². The largest absolute Gasteiger partial charge is 0.358 e. The van der Waals surface area contributed by atoms with E-state index in [1.54, 1.807) is 17.7 Å². The van der Waals surface area contributed by atoms with E-state index in [-0.39, 0.29) is 0 Å². The van der Waals surface area contributed by atoms with Gasteiger partial charge in [0.25, 0.3) is 0 Å². The zero-order valence-corrected chi connectivity index (χ0v) is 15.4. The van der Waals surface area contributed by atoms with Crippen LogP contribution >= 0.6 is 11.3 Å². The highest BCUT2D eigenvalue weighted by Crippen LogP contribution is 2.39. The van der Waals surface area contributed by atoms with E-state index in [0.29, 0.717) is 12.4 Å².